The Morgan fingerprint density at radius 1 is 1.00 bits per heavy atom. The van der Waals surface area contributed by atoms with Crippen molar-refractivity contribution in [2.75, 3.05) is 19.5 Å². The third-order valence-corrected chi connectivity index (χ3v) is 5.32. The van der Waals surface area contributed by atoms with Gasteiger partial charge in [0.15, 0.2) is 16.6 Å². The lowest BCUT2D eigenvalue weighted by Crippen LogP contribution is -2.46. The molecular weight excluding hydrogens is 344 g/mol. The van der Waals surface area contributed by atoms with Crippen LogP contribution >= 0.6 is 12.2 Å². The zero-order valence-electron chi connectivity index (χ0n) is 15.6. The first-order valence-electron chi connectivity index (χ1n) is 8.95. The van der Waals surface area contributed by atoms with Gasteiger partial charge in [-0.1, -0.05) is 37.1 Å². The van der Waals surface area contributed by atoms with Gasteiger partial charge in [0.05, 0.1) is 19.8 Å². The van der Waals surface area contributed by atoms with E-state index in [1.807, 2.05) is 18.2 Å². The number of thiocarbonyl (C=S) groups is 1. The first-order chi connectivity index (χ1) is 12.6. The molecule has 0 spiro atoms. The maximum atomic E-state index is 5.63. The number of benzene rings is 2. The maximum Gasteiger partial charge on any atom is 0.171 e. The summed E-state index contributed by atoms with van der Waals surface area (Å²) in [4.78, 5) is 0. The highest BCUT2D eigenvalue weighted by Gasteiger charge is 2.37. The summed E-state index contributed by atoms with van der Waals surface area (Å²) in [5.74, 6) is 1.37. The van der Waals surface area contributed by atoms with E-state index in [-0.39, 0.29) is 5.54 Å². The molecule has 0 radical (unpaired) electrons. The molecule has 26 heavy (non-hydrogen) atoms. The van der Waals surface area contributed by atoms with Gasteiger partial charge < -0.3 is 20.1 Å². The van der Waals surface area contributed by atoms with Gasteiger partial charge >= 0.3 is 0 Å². The lowest BCUT2D eigenvalue weighted by Gasteiger charge is -2.34. The lowest BCUT2D eigenvalue weighted by molar-refractivity contribution is 0.355. The number of rotatable bonds is 5. The summed E-state index contributed by atoms with van der Waals surface area (Å²) in [5.41, 5.74) is 3.43. The molecule has 0 heterocycles. The molecule has 0 atom stereocenters. The average Bonchev–Trinajstić information content (AvgIpc) is 3.11. The number of nitrogens with one attached hydrogen (secondary N) is 2. The number of anilines is 1. The van der Waals surface area contributed by atoms with Crippen LogP contribution < -0.4 is 20.1 Å². The van der Waals surface area contributed by atoms with Crippen molar-refractivity contribution in [2.45, 2.75) is 38.1 Å². The summed E-state index contributed by atoms with van der Waals surface area (Å²) in [6.07, 6.45) is 4.60. The molecule has 1 aliphatic carbocycles. The number of methoxy groups -OCH3 is 2. The summed E-state index contributed by atoms with van der Waals surface area (Å²) < 4.78 is 10.7. The molecule has 2 N–H and O–H groups in total. The Hall–Kier alpha value is -2.27. The van der Waals surface area contributed by atoms with Crippen LogP contribution in [0.1, 0.15) is 36.8 Å². The first kappa shape index (κ1) is 18.5. The van der Waals surface area contributed by atoms with Gasteiger partial charge in [0, 0.05) is 11.8 Å². The van der Waals surface area contributed by atoms with Crippen molar-refractivity contribution >= 4 is 23.0 Å². The Labute approximate surface area is 160 Å². The molecular formula is C21H26N2O2S. The predicted molar refractivity (Wildman–Crippen MR) is 110 cm³/mol. The summed E-state index contributed by atoms with van der Waals surface area (Å²) in [5, 5.41) is 7.53. The highest BCUT2D eigenvalue weighted by atomic mass is 32.1. The minimum atomic E-state index is -0.0913. The average molecular weight is 371 g/mol. The molecule has 0 amide bonds. The minimum absolute atomic E-state index is 0.0913. The van der Waals surface area contributed by atoms with E-state index in [2.05, 4.69) is 41.8 Å². The normalized spacial score (nSPS) is 15.3. The predicted octanol–water partition coefficient (Wildman–Crippen LogP) is 4.77. The molecule has 3 rings (SSSR count). The van der Waals surface area contributed by atoms with E-state index in [1.54, 1.807) is 14.2 Å². The van der Waals surface area contributed by atoms with E-state index >= 15 is 0 Å². The standard InChI is InChI=1S/C21H26N2O2S/c1-15-8-4-5-9-17(15)21(12-6-7-13-21)23-20(26)22-16-10-11-18(24-2)19(14-16)25-3/h4-5,8-11,14H,6-7,12-13H2,1-3H3,(H2,22,23,26). The third-order valence-electron chi connectivity index (χ3n) is 5.11. The van der Waals surface area contributed by atoms with Crippen LogP contribution in [-0.4, -0.2) is 19.3 Å². The van der Waals surface area contributed by atoms with Crippen molar-refractivity contribution in [3.05, 3.63) is 53.6 Å². The van der Waals surface area contributed by atoms with Crippen LogP contribution in [0.2, 0.25) is 0 Å². The van der Waals surface area contributed by atoms with E-state index in [0.717, 1.165) is 18.5 Å². The van der Waals surface area contributed by atoms with Gasteiger partial charge in [-0.2, -0.15) is 0 Å². The molecule has 0 unspecified atom stereocenters. The Morgan fingerprint density at radius 2 is 1.69 bits per heavy atom. The van der Waals surface area contributed by atoms with Crippen molar-refractivity contribution in [3.63, 3.8) is 0 Å². The van der Waals surface area contributed by atoms with Crippen molar-refractivity contribution in [3.8, 4) is 11.5 Å². The molecule has 2 aromatic rings. The molecule has 138 valence electrons. The number of ether oxygens (including phenoxy) is 2. The van der Waals surface area contributed by atoms with E-state index in [4.69, 9.17) is 21.7 Å². The van der Waals surface area contributed by atoms with Crippen LogP contribution in [0.25, 0.3) is 0 Å². The van der Waals surface area contributed by atoms with E-state index < -0.39 is 0 Å². The summed E-state index contributed by atoms with van der Waals surface area (Å²) in [7, 11) is 3.26. The number of aryl methyl sites for hydroxylation is 1. The van der Waals surface area contributed by atoms with Gasteiger partial charge in [0.2, 0.25) is 0 Å². The van der Waals surface area contributed by atoms with Crippen molar-refractivity contribution < 1.29 is 9.47 Å². The van der Waals surface area contributed by atoms with Gasteiger partial charge in [-0.25, -0.2) is 0 Å². The SMILES string of the molecule is COc1ccc(NC(=S)NC2(c3ccccc3C)CCCC2)cc1OC. The van der Waals surface area contributed by atoms with Gasteiger partial charge in [-0.3, -0.25) is 0 Å². The first-order valence-corrected chi connectivity index (χ1v) is 9.36. The van der Waals surface area contributed by atoms with Crippen LogP contribution in [-0.2, 0) is 5.54 Å². The minimum Gasteiger partial charge on any atom is -0.493 e. The van der Waals surface area contributed by atoms with E-state index in [1.165, 1.54) is 24.0 Å². The fourth-order valence-electron chi connectivity index (χ4n) is 3.84. The zero-order valence-corrected chi connectivity index (χ0v) is 16.4. The highest BCUT2D eigenvalue weighted by molar-refractivity contribution is 7.80. The van der Waals surface area contributed by atoms with Crippen LogP contribution in [0.5, 0.6) is 11.5 Å². The second-order valence-corrected chi connectivity index (χ2v) is 7.16. The maximum absolute atomic E-state index is 5.63. The van der Waals surface area contributed by atoms with Crippen LogP contribution in [0.3, 0.4) is 0 Å². The second-order valence-electron chi connectivity index (χ2n) is 6.75. The van der Waals surface area contributed by atoms with Gasteiger partial charge in [0.25, 0.3) is 0 Å². The molecule has 4 nitrogen and oxygen atoms in total. The Balaban J connectivity index is 1.79. The zero-order chi connectivity index (χ0) is 18.6. The molecule has 1 saturated carbocycles. The largest absolute Gasteiger partial charge is 0.493 e. The molecule has 0 saturated heterocycles. The fourth-order valence-corrected chi connectivity index (χ4v) is 4.16. The van der Waals surface area contributed by atoms with Gasteiger partial charge in [-0.15, -0.1) is 0 Å². The summed E-state index contributed by atoms with van der Waals surface area (Å²) in [6.45, 7) is 2.17. The van der Waals surface area contributed by atoms with Crippen LogP contribution in [0, 0.1) is 6.92 Å². The third kappa shape index (κ3) is 3.78. The fraction of sp³-hybridized carbons (Fsp3) is 0.381. The number of hydrogen-bond acceptors (Lipinski definition) is 3. The quantitative estimate of drug-likeness (QED) is 0.742. The lowest BCUT2D eigenvalue weighted by atomic mass is 9.85. The van der Waals surface area contributed by atoms with E-state index in [0.29, 0.717) is 16.6 Å². The molecule has 1 fully saturated rings. The van der Waals surface area contributed by atoms with Crippen molar-refractivity contribution in [1.82, 2.24) is 5.32 Å². The molecule has 0 bridgehead atoms. The molecule has 5 heteroatoms. The molecule has 0 aliphatic heterocycles. The molecule has 2 aromatic carbocycles. The smallest absolute Gasteiger partial charge is 0.171 e. The Morgan fingerprint density at radius 3 is 2.35 bits per heavy atom. The molecule has 1 aliphatic rings. The van der Waals surface area contributed by atoms with Crippen LogP contribution in [0.4, 0.5) is 5.69 Å². The van der Waals surface area contributed by atoms with E-state index in [9.17, 15) is 0 Å². The number of hydrogen-bond donors (Lipinski definition) is 2. The highest BCUT2D eigenvalue weighted by Crippen LogP contribution is 2.40. The summed E-state index contributed by atoms with van der Waals surface area (Å²) >= 11 is 5.63. The van der Waals surface area contributed by atoms with Crippen LogP contribution in [0.15, 0.2) is 42.5 Å². The monoisotopic (exact) mass is 370 g/mol. The van der Waals surface area contributed by atoms with Crippen molar-refractivity contribution in [1.29, 1.82) is 0 Å². The summed E-state index contributed by atoms with van der Waals surface area (Å²) in [6, 6.07) is 14.3. The van der Waals surface area contributed by atoms with Crippen molar-refractivity contribution in [2.24, 2.45) is 0 Å². The molecule has 0 aromatic heterocycles. The van der Waals surface area contributed by atoms with Gasteiger partial charge in [-0.05, 0) is 55.2 Å². The van der Waals surface area contributed by atoms with Gasteiger partial charge in [0.1, 0.15) is 0 Å². The second kappa shape index (κ2) is 7.96. The Kier molecular flexibility index (Phi) is 5.67. The topological polar surface area (TPSA) is 42.5 Å². The Bertz CT molecular complexity index is 785.